The zero-order valence-electron chi connectivity index (χ0n) is 12.4. The van der Waals surface area contributed by atoms with Crippen LogP contribution in [0.25, 0.3) is 32.9 Å². The van der Waals surface area contributed by atoms with Gasteiger partial charge < -0.3 is 9.84 Å². The number of aromatic nitrogens is 3. The Hall–Kier alpha value is -3.21. The molecule has 0 atom stereocenters. The minimum atomic E-state index is 0.0760. The Balaban J connectivity index is 2.08. The van der Waals surface area contributed by atoms with Crippen molar-refractivity contribution in [1.82, 2.24) is 15.0 Å². The third kappa shape index (κ3) is 2.14. The van der Waals surface area contributed by atoms with Gasteiger partial charge in [0.15, 0.2) is 11.5 Å². The summed E-state index contributed by atoms with van der Waals surface area (Å²) in [6.45, 7) is 0. The first kappa shape index (κ1) is 13.5. The number of benzene rings is 2. The average Bonchev–Trinajstić information content (AvgIpc) is 2.61. The first-order valence-electron chi connectivity index (χ1n) is 7.13. The highest BCUT2D eigenvalue weighted by Gasteiger charge is 2.16. The SMILES string of the molecule is COc1cc2ccccc2c(-c2cc3ncncc3cn2)c1O. The maximum Gasteiger partial charge on any atom is 0.167 e. The summed E-state index contributed by atoms with van der Waals surface area (Å²) in [7, 11) is 1.54. The lowest BCUT2D eigenvalue weighted by atomic mass is 9.99. The highest BCUT2D eigenvalue weighted by atomic mass is 16.5. The molecule has 5 heteroatoms. The van der Waals surface area contributed by atoms with Gasteiger partial charge in [0.05, 0.1) is 23.9 Å². The number of fused-ring (bicyclic) bond motifs is 2. The average molecular weight is 303 g/mol. The van der Waals surface area contributed by atoms with Gasteiger partial charge in [-0.15, -0.1) is 0 Å². The van der Waals surface area contributed by atoms with Crippen LogP contribution in [0.1, 0.15) is 0 Å². The molecule has 1 N–H and O–H groups in total. The highest BCUT2D eigenvalue weighted by Crippen LogP contribution is 2.42. The van der Waals surface area contributed by atoms with Crippen molar-refractivity contribution in [1.29, 1.82) is 0 Å². The molecule has 0 spiro atoms. The summed E-state index contributed by atoms with van der Waals surface area (Å²) in [6.07, 6.45) is 4.91. The molecule has 4 aromatic rings. The Morgan fingerprint density at radius 2 is 1.87 bits per heavy atom. The van der Waals surface area contributed by atoms with Crippen LogP contribution in [0.4, 0.5) is 0 Å². The monoisotopic (exact) mass is 303 g/mol. The number of aromatic hydroxyl groups is 1. The zero-order chi connectivity index (χ0) is 15.8. The van der Waals surface area contributed by atoms with E-state index in [9.17, 15) is 5.11 Å². The minimum absolute atomic E-state index is 0.0760. The molecule has 5 nitrogen and oxygen atoms in total. The van der Waals surface area contributed by atoms with Gasteiger partial charge in [-0.1, -0.05) is 24.3 Å². The Kier molecular flexibility index (Phi) is 3.05. The van der Waals surface area contributed by atoms with E-state index in [0.717, 1.165) is 21.7 Å². The van der Waals surface area contributed by atoms with Crippen LogP contribution in [0.5, 0.6) is 11.5 Å². The van der Waals surface area contributed by atoms with E-state index in [1.807, 2.05) is 36.4 Å². The first-order valence-corrected chi connectivity index (χ1v) is 7.13. The molecule has 0 saturated carbocycles. The second kappa shape index (κ2) is 5.21. The van der Waals surface area contributed by atoms with Crippen LogP contribution < -0.4 is 4.74 Å². The van der Waals surface area contributed by atoms with Gasteiger partial charge in [-0.2, -0.15) is 0 Å². The molecule has 0 amide bonds. The van der Waals surface area contributed by atoms with Crippen LogP contribution in [-0.4, -0.2) is 27.2 Å². The summed E-state index contributed by atoms with van der Waals surface area (Å²) >= 11 is 0. The summed E-state index contributed by atoms with van der Waals surface area (Å²) in [5, 5.41) is 13.3. The molecular weight excluding hydrogens is 290 g/mol. The quantitative estimate of drug-likeness (QED) is 0.613. The standard InChI is InChI=1S/C18H13N3O2/c1-23-16-6-11-4-2-3-5-13(11)17(18(16)22)15-7-14-12(9-20-15)8-19-10-21-14/h2-10,22H,1H3. The van der Waals surface area contributed by atoms with Gasteiger partial charge in [-0.25, -0.2) is 9.97 Å². The van der Waals surface area contributed by atoms with Crippen molar-refractivity contribution in [2.75, 3.05) is 7.11 Å². The van der Waals surface area contributed by atoms with E-state index in [1.165, 1.54) is 13.4 Å². The number of rotatable bonds is 2. The third-order valence-corrected chi connectivity index (χ3v) is 3.85. The van der Waals surface area contributed by atoms with E-state index >= 15 is 0 Å². The van der Waals surface area contributed by atoms with Crippen molar-refractivity contribution in [2.45, 2.75) is 0 Å². The Morgan fingerprint density at radius 3 is 2.74 bits per heavy atom. The fourth-order valence-electron chi connectivity index (χ4n) is 2.74. The predicted octanol–water partition coefficient (Wildman–Crippen LogP) is 3.56. The molecule has 0 aliphatic rings. The molecule has 2 aromatic heterocycles. The summed E-state index contributed by atoms with van der Waals surface area (Å²) < 4.78 is 5.30. The fourth-order valence-corrected chi connectivity index (χ4v) is 2.74. The summed E-state index contributed by atoms with van der Waals surface area (Å²) in [4.78, 5) is 12.7. The minimum Gasteiger partial charge on any atom is -0.504 e. The van der Waals surface area contributed by atoms with Gasteiger partial charge in [-0.05, 0) is 22.9 Å². The van der Waals surface area contributed by atoms with Crippen LogP contribution in [0.2, 0.25) is 0 Å². The zero-order valence-corrected chi connectivity index (χ0v) is 12.4. The van der Waals surface area contributed by atoms with E-state index < -0.39 is 0 Å². The second-order valence-electron chi connectivity index (χ2n) is 5.17. The van der Waals surface area contributed by atoms with E-state index in [-0.39, 0.29) is 5.75 Å². The van der Waals surface area contributed by atoms with E-state index in [0.29, 0.717) is 17.0 Å². The topological polar surface area (TPSA) is 68.1 Å². The predicted molar refractivity (Wildman–Crippen MR) is 88.5 cm³/mol. The molecule has 2 aromatic carbocycles. The summed E-state index contributed by atoms with van der Waals surface area (Å²) in [6, 6.07) is 11.5. The van der Waals surface area contributed by atoms with Crippen LogP contribution >= 0.6 is 0 Å². The summed E-state index contributed by atoms with van der Waals surface area (Å²) in [5.41, 5.74) is 2.06. The Bertz CT molecular complexity index is 1030. The van der Waals surface area contributed by atoms with Crippen molar-refractivity contribution < 1.29 is 9.84 Å². The number of ether oxygens (including phenoxy) is 1. The summed E-state index contributed by atoms with van der Waals surface area (Å²) in [5.74, 6) is 0.496. The second-order valence-corrected chi connectivity index (χ2v) is 5.17. The molecule has 0 bridgehead atoms. The van der Waals surface area contributed by atoms with Gasteiger partial charge in [0, 0.05) is 17.8 Å². The van der Waals surface area contributed by atoms with Crippen LogP contribution in [-0.2, 0) is 0 Å². The maximum atomic E-state index is 10.6. The number of pyridine rings is 1. The van der Waals surface area contributed by atoms with Crippen LogP contribution in [0, 0.1) is 0 Å². The molecule has 23 heavy (non-hydrogen) atoms. The molecule has 0 unspecified atom stereocenters. The molecule has 0 aliphatic carbocycles. The van der Waals surface area contributed by atoms with Crippen molar-refractivity contribution in [3.63, 3.8) is 0 Å². The van der Waals surface area contributed by atoms with E-state index in [2.05, 4.69) is 15.0 Å². The van der Waals surface area contributed by atoms with Crippen molar-refractivity contribution >= 4 is 21.7 Å². The number of hydrogen-bond acceptors (Lipinski definition) is 5. The van der Waals surface area contributed by atoms with E-state index in [4.69, 9.17) is 4.74 Å². The van der Waals surface area contributed by atoms with Gasteiger partial charge in [0.25, 0.3) is 0 Å². The highest BCUT2D eigenvalue weighted by molar-refractivity contribution is 6.01. The normalized spacial score (nSPS) is 11.0. The number of methoxy groups -OCH3 is 1. The van der Waals surface area contributed by atoms with Crippen LogP contribution in [0.3, 0.4) is 0 Å². The van der Waals surface area contributed by atoms with E-state index in [1.54, 1.807) is 12.4 Å². The lowest BCUT2D eigenvalue weighted by Gasteiger charge is -2.13. The molecule has 0 aliphatic heterocycles. The van der Waals surface area contributed by atoms with Crippen molar-refractivity contribution in [2.24, 2.45) is 0 Å². The number of nitrogens with zero attached hydrogens (tertiary/aromatic N) is 3. The molecule has 2 heterocycles. The van der Waals surface area contributed by atoms with Crippen LogP contribution in [0.15, 0.2) is 55.1 Å². The van der Waals surface area contributed by atoms with Crippen molar-refractivity contribution in [3.05, 3.63) is 55.1 Å². The van der Waals surface area contributed by atoms with Gasteiger partial charge in [0.2, 0.25) is 0 Å². The van der Waals surface area contributed by atoms with Gasteiger partial charge >= 0.3 is 0 Å². The Labute approximate surface area is 132 Å². The third-order valence-electron chi connectivity index (χ3n) is 3.85. The number of phenolic OH excluding ortho intramolecular Hbond substituents is 1. The molecule has 112 valence electrons. The molecular formula is C18H13N3O2. The largest absolute Gasteiger partial charge is 0.504 e. The van der Waals surface area contributed by atoms with Gasteiger partial charge in [0.1, 0.15) is 6.33 Å². The molecule has 0 fully saturated rings. The first-order chi connectivity index (χ1) is 11.3. The number of phenols is 1. The smallest absolute Gasteiger partial charge is 0.167 e. The lowest BCUT2D eigenvalue weighted by molar-refractivity contribution is 0.375. The number of hydrogen-bond donors (Lipinski definition) is 1. The fraction of sp³-hybridized carbons (Fsp3) is 0.0556. The van der Waals surface area contributed by atoms with Crippen molar-refractivity contribution in [3.8, 4) is 22.8 Å². The lowest BCUT2D eigenvalue weighted by Crippen LogP contribution is -1.92. The molecule has 0 saturated heterocycles. The maximum absolute atomic E-state index is 10.6. The Morgan fingerprint density at radius 1 is 1.00 bits per heavy atom. The molecule has 0 radical (unpaired) electrons. The van der Waals surface area contributed by atoms with Gasteiger partial charge in [-0.3, -0.25) is 4.98 Å². The molecule has 4 rings (SSSR count).